The van der Waals surface area contributed by atoms with Gasteiger partial charge in [-0.25, -0.2) is 4.79 Å². The average molecular weight is 420 g/mol. The van der Waals surface area contributed by atoms with Crippen molar-refractivity contribution in [3.63, 3.8) is 0 Å². The maximum atomic E-state index is 11.0. The van der Waals surface area contributed by atoms with Crippen molar-refractivity contribution >= 4 is 22.8 Å². The zero-order chi connectivity index (χ0) is 20.9. The molecule has 1 aliphatic heterocycles. The van der Waals surface area contributed by atoms with Gasteiger partial charge in [0, 0.05) is 5.56 Å². The summed E-state index contributed by atoms with van der Waals surface area (Å²) in [6.45, 7) is 0.313. The fourth-order valence-electron chi connectivity index (χ4n) is 3.01. The molecular weight excluding hydrogens is 400 g/mol. The number of nitrogens with zero attached hydrogens (tertiary/aromatic N) is 1. The molecule has 3 aromatic rings. The Bertz CT molecular complexity index is 1070. The van der Waals surface area contributed by atoms with Gasteiger partial charge >= 0.3 is 5.97 Å². The third kappa shape index (κ3) is 4.41. The molecule has 0 saturated heterocycles. The molecule has 6 nitrogen and oxygen atoms in total. The van der Waals surface area contributed by atoms with E-state index in [2.05, 4.69) is 10.5 Å². The molecule has 1 atom stereocenters. The Morgan fingerprint density at radius 3 is 2.53 bits per heavy atom. The molecule has 2 N–H and O–H groups in total. The van der Waals surface area contributed by atoms with Crippen molar-refractivity contribution in [1.29, 1.82) is 0 Å². The summed E-state index contributed by atoms with van der Waals surface area (Å²) in [7, 11) is 1.61. The summed E-state index contributed by atoms with van der Waals surface area (Å²) in [6.07, 6.45) is 0. The number of hydrazone groups is 1. The summed E-state index contributed by atoms with van der Waals surface area (Å²) >= 11 is 1.65. The molecule has 30 heavy (non-hydrogen) atoms. The molecule has 0 saturated carbocycles. The van der Waals surface area contributed by atoms with Gasteiger partial charge in [-0.15, -0.1) is 0 Å². The lowest BCUT2D eigenvalue weighted by Crippen LogP contribution is -2.07. The van der Waals surface area contributed by atoms with E-state index in [9.17, 15) is 4.79 Å². The molecule has 4 rings (SSSR count). The molecule has 0 aliphatic carbocycles. The highest BCUT2D eigenvalue weighted by atomic mass is 32.2. The van der Waals surface area contributed by atoms with Crippen LogP contribution in [0.4, 0.5) is 0 Å². The van der Waals surface area contributed by atoms with Crippen LogP contribution >= 0.6 is 11.8 Å². The molecular formula is C23H20N2O4S. The third-order valence-corrected chi connectivity index (χ3v) is 5.78. The highest BCUT2D eigenvalue weighted by molar-refractivity contribution is 8.14. The van der Waals surface area contributed by atoms with Gasteiger partial charge in [0.05, 0.1) is 12.7 Å². The summed E-state index contributed by atoms with van der Waals surface area (Å²) in [5.74, 6) is 0.304. The standard InChI is InChI=1S/C23H20N2O4S/c1-28-20-13-18(22-25-24-21(30-22)16-5-3-2-4-6-16)11-12-19(20)29-14-15-7-9-17(10-8-15)23(26)27/h2-13,22,25H,14H2,1H3,(H,26,27)/t22-/m1/s1. The number of aromatic carboxylic acids is 1. The first-order chi connectivity index (χ1) is 14.6. The summed E-state index contributed by atoms with van der Waals surface area (Å²) < 4.78 is 11.4. The molecule has 152 valence electrons. The van der Waals surface area contributed by atoms with Gasteiger partial charge in [0.2, 0.25) is 0 Å². The van der Waals surface area contributed by atoms with Crippen LogP contribution < -0.4 is 14.9 Å². The van der Waals surface area contributed by atoms with E-state index in [0.29, 0.717) is 18.1 Å². The number of nitrogens with one attached hydrogen (secondary N) is 1. The van der Waals surface area contributed by atoms with Crippen LogP contribution in [0.2, 0.25) is 0 Å². The van der Waals surface area contributed by atoms with E-state index in [1.807, 2.05) is 48.5 Å². The number of carboxylic acids is 1. The maximum Gasteiger partial charge on any atom is 0.335 e. The number of benzene rings is 3. The number of carbonyl (C=O) groups is 1. The second kappa shape index (κ2) is 8.92. The van der Waals surface area contributed by atoms with Gasteiger partial charge in [-0.3, -0.25) is 5.43 Å². The van der Waals surface area contributed by atoms with Gasteiger partial charge in [0.1, 0.15) is 17.0 Å². The highest BCUT2D eigenvalue weighted by Gasteiger charge is 2.23. The number of carboxylic acid groups (broad SMARTS) is 1. The largest absolute Gasteiger partial charge is 0.493 e. The van der Waals surface area contributed by atoms with Crippen molar-refractivity contribution in [2.24, 2.45) is 5.10 Å². The van der Waals surface area contributed by atoms with Crippen LogP contribution in [0.15, 0.2) is 77.9 Å². The van der Waals surface area contributed by atoms with Crippen LogP contribution in [0.5, 0.6) is 11.5 Å². The minimum absolute atomic E-state index is 0.00767. The molecule has 0 unspecified atom stereocenters. The fourth-order valence-corrected chi connectivity index (χ4v) is 4.00. The summed E-state index contributed by atoms with van der Waals surface area (Å²) in [5, 5.41) is 14.4. The Hall–Kier alpha value is -3.45. The first-order valence-corrected chi connectivity index (χ1v) is 10.2. The van der Waals surface area contributed by atoms with E-state index in [4.69, 9.17) is 14.6 Å². The average Bonchev–Trinajstić information content (AvgIpc) is 3.29. The Kier molecular flexibility index (Phi) is 5.90. The lowest BCUT2D eigenvalue weighted by molar-refractivity contribution is 0.0697. The minimum Gasteiger partial charge on any atom is -0.493 e. The van der Waals surface area contributed by atoms with Crippen LogP contribution in [0.1, 0.15) is 32.4 Å². The van der Waals surface area contributed by atoms with Crippen molar-refractivity contribution in [3.8, 4) is 11.5 Å². The first kappa shape index (κ1) is 19.8. The van der Waals surface area contributed by atoms with E-state index >= 15 is 0 Å². The molecule has 0 fully saturated rings. The van der Waals surface area contributed by atoms with Crippen LogP contribution in [0.3, 0.4) is 0 Å². The van der Waals surface area contributed by atoms with Crippen molar-refractivity contribution in [1.82, 2.24) is 5.43 Å². The number of hydrogen-bond donors (Lipinski definition) is 2. The lowest BCUT2D eigenvalue weighted by Gasteiger charge is -2.15. The van der Waals surface area contributed by atoms with E-state index < -0.39 is 5.97 Å². The Balaban J connectivity index is 1.42. The molecule has 1 aliphatic rings. The summed E-state index contributed by atoms with van der Waals surface area (Å²) in [5.41, 5.74) is 6.41. The smallest absolute Gasteiger partial charge is 0.335 e. The van der Waals surface area contributed by atoms with Gasteiger partial charge < -0.3 is 14.6 Å². The fraction of sp³-hybridized carbons (Fsp3) is 0.130. The second-order valence-electron chi connectivity index (χ2n) is 6.61. The number of ether oxygens (including phenoxy) is 2. The summed E-state index contributed by atoms with van der Waals surface area (Å²) in [4.78, 5) is 11.0. The van der Waals surface area contributed by atoms with Crippen molar-refractivity contribution in [3.05, 3.63) is 95.1 Å². The van der Waals surface area contributed by atoms with Crippen molar-refractivity contribution in [2.45, 2.75) is 12.0 Å². The molecule has 0 aromatic heterocycles. The van der Waals surface area contributed by atoms with Gasteiger partial charge in [-0.2, -0.15) is 5.10 Å². The molecule has 0 spiro atoms. The predicted octanol–water partition coefficient (Wildman–Crippen LogP) is 4.67. The van der Waals surface area contributed by atoms with E-state index in [-0.39, 0.29) is 10.9 Å². The number of rotatable bonds is 7. The zero-order valence-corrected chi connectivity index (χ0v) is 17.1. The van der Waals surface area contributed by atoms with Crippen LogP contribution in [0, 0.1) is 0 Å². The van der Waals surface area contributed by atoms with Crippen molar-refractivity contribution in [2.75, 3.05) is 7.11 Å². The molecule has 1 heterocycles. The monoisotopic (exact) mass is 420 g/mol. The topological polar surface area (TPSA) is 80.1 Å². The molecule has 7 heteroatoms. The van der Waals surface area contributed by atoms with Gasteiger partial charge in [-0.05, 0) is 35.4 Å². The van der Waals surface area contributed by atoms with E-state index in [0.717, 1.165) is 21.7 Å². The highest BCUT2D eigenvalue weighted by Crippen LogP contribution is 2.38. The van der Waals surface area contributed by atoms with Crippen LogP contribution in [0.25, 0.3) is 0 Å². The number of hydrogen-bond acceptors (Lipinski definition) is 6. The van der Waals surface area contributed by atoms with Gasteiger partial charge in [0.25, 0.3) is 0 Å². The van der Waals surface area contributed by atoms with Crippen molar-refractivity contribution < 1.29 is 19.4 Å². The normalized spacial score (nSPS) is 15.2. The zero-order valence-electron chi connectivity index (χ0n) is 16.2. The first-order valence-electron chi connectivity index (χ1n) is 9.32. The van der Waals surface area contributed by atoms with E-state index in [1.165, 1.54) is 0 Å². The Morgan fingerprint density at radius 2 is 1.83 bits per heavy atom. The lowest BCUT2D eigenvalue weighted by atomic mass is 10.1. The second-order valence-corrected chi connectivity index (χ2v) is 7.70. The minimum atomic E-state index is -0.947. The predicted molar refractivity (Wildman–Crippen MR) is 117 cm³/mol. The summed E-state index contributed by atoms with van der Waals surface area (Å²) in [6, 6.07) is 22.5. The Labute approximate surface area is 178 Å². The Morgan fingerprint density at radius 1 is 1.07 bits per heavy atom. The molecule has 0 bridgehead atoms. The van der Waals surface area contributed by atoms with Gasteiger partial charge in [-0.1, -0.05) is 60.3 Å². The quantitative estimate of drug-likeness (QED) is 0.578. The maximum absolute atomic E-state index is 11.0. The van der Waals surface area contributed by atoms with Crippen LogP contribution in [-0.4, -0.2) is 23.2 Å². The number of thioether (sulfide) groups is 1. The molecule has 3 aromatic carbocycles. The third-order valence-electron chi connectivity index (χ3n) is 4.62. The van der Waals surface area contributed by atoms with E-state index in [1.54, 1.807) is 43.1 Å². The van der Waals surface area contributed by atoms with Crippen LogP contribution in [-0.2, 0) is 6.61 Å². The van der Waals surface area contributed by atoms with Gasteiger partial charge in [0.15, 0.2) is 11.5 Å². The molecule has 0 amide bonds. The SMILES string of the molecule is COc1cc([C@@H]2NN=C(c3ccccc3)S2)ccc1OCc1ccc(C(=O)O)cc1. The number of methoxy groups -OCH3 is 1. The molecule has 0 radical (unpaired) electrons.